The van der Waals surface area contributed by atoms with Crippen molar-refractivity contribution in [2.24, 2.45) is 0 Å². The summed E-state index contributed by atoms with van der Waals surface area (Å²) in [5.74, 6) is 0.549. The predicted octanol–water partition coefficient (Wildman–Crippen LogP) is 1.72. The largest absolute Gasteiger partial charge is 0.394 e. The summed E-state index contributed by atoms with van der Waals surface area (Å²) >= 11 is 6.22. The van der Waals surface area contributed by atoms with Gasteiger partial charge in [-0.25, -0.2) is 4.98 Å². The van der Waals surface area contributed by atoms with Crippen LogP contribution in [0, 0.1) is 18.3 Å². The number of hydrogen-bond acceptors (Lipinski definition) is 7. The van der Waals surface area contributed by atoms with Gasteiger partial charge in [0.15, 0.2) is 5.65 Å². The first kappa shape index (κ1) is 18.9. The molecule has 3 heterocycles. The Hall–Kier alpha value is -2.83. The Balaban J connectivity index is 1.79. The predicted molar refractivity (Wildman–Crippen MR) is 103 cm³/mol. The van der Waals surface area contributed by atoms with Crippen molar-refractivity contribution in [1.29, 1.82) is 5.26 Å². The summed E-state index contributed by atoms with van der Waals surface area (Å²) < 4.78 is 3.11. The van der Waals surface area contributed by atoms with Crippen LogP contribution < -0.4 is 11.1 Å². The molecule has 0 saturated heterocycles. The number of nitrogens with two attached hydrogens (primary N) is 1. The molecular formula is C17H21ClN8O. The van der Waals surface area contributed by atoms with E-state index in [4.69, 9.17) is 17.3 Å². The van der Waals surface area contributed by atoms with Gasteiger partial charge in [-0.1, -0.05) is 11.6 Å². The lowest BCUT2D eigenvalue weighted by Crippen LogP contribution is -2.31. The van der Waals surface area contributed by atoms with Crippen molar-refractivity contribution in [3.63, 3.8) is 0 Å². The number of anilines is 2. The van der Waals surface area contributed by atoms with E-state index in [1.165, 1.54) is 4.52 Å². The highest BCUT2D eigenvalue weighted by Crippen LogP contribution is 2.27. The Kier molecular flexibility index (Phi) is 4.95. The van der Waals surface area contributed by atoms with Gasteiger partial charge in [0.25, 0.3) is 0 Å². The Morgan fingerprint density at radius 1 is 1.41 bits per heavy atom. The van der Waals surface area contributed by atoms with E-state index in [1.807, 2.05) is 26.1 Å². The topological polar surface area (TPSA) is 130 Å². The molecule has 3 aromatic rings. The second-order valence-electron chi connectivity index (χ2n) is 6.87. The van der Waals surface area contributed by atoms with Crippen LogP contribution in [0.15, 0.2) is 12.3 Å². The minimum absolute atomic E-state index is 0.00731. The summed E-state index contributed by atoms with van der Waals surface area (Å²) in [6.45, 7) is 6.05. The van der Waals surface area contributed by atoms with Crippen LogP contribution in [0.1, 0.15) is 30.8 Å². The fourth-order valence-electron chi connectivity index (χ4n) is 2.60. The number of rotatable bonds is 6. The number of nitriles is 1. The van der Waals surface area contributed by atoms with Gasteiger partial charge in [0.05, 0.1) is 23.5 Å². The lowest BCUT2D eigenvalue weighted by molar-refractivity contribution is 0.152. The molecule has 3 aromatic heterocycles. The number of aliphatic hydroxyl groups is 1. The van der Waals surface area contributed by atoms with Crippen molar-refractivity contribution in [2.45, 2.75) is 32.7 Å². The number of nitrogen functional groups attached to an aromatic ring is 1. The van der Waals surface area contributed by atoms with Gasteiger partial charge in [0.1, 0.15) is 28.3 Å². The van der Waals surface area contributed by atoms with E-state index < -0.39 is 5.54 Å². The van der Waals surface area contributed by atoms with Crippen LogP contribution in [0.5, 0.6) is 0 Å². The number of halogens is 1. The van der Waals surface area contributed by atoms with Crippen LogP contribution in [0.25, 0.3) is 5.65 Å². The van der Waals surface area contributed by atoms with Crippen molar-refractivity contribution in [3.05, 3.63) is 34.2 Å². The maximum absolute atomic E-state index is 9.45. The standard InChI is InChI=1S/C17H21ClN8O/c1-10-13(18)16-22-15(12(8-19)14(20)26(16)23-10)21-6-4-11-5-7-25(24-11)17(2,3)9-27/h5,7,27H,4,6,9,20H2,1-3H3,(H,21,22). The van der Waals surface area contributed by atoms with Crippen LogP contribution in [-0.4, -0.2) is 42.6 Å². The van der Waals surface area contributed by atoms with Gasteiger partial charge >= 0.3 is 0 Å². The second kappa shape index (κ2) is 7.06. The highest BCUT2D eigenvalue weighted by Gasteiger charge is 2.20. The highest BCUT2D eigenvalue weighted by atomic mass is 35.5. The molecule has 27 heavy (non-hydrogen) atoms. The Labute approximate surface area is 161 Å². The van der Waals surface area contributed by atoms with Gasteiger partial charge in [0.2, 0.25) is 0 Å². The van der Waals surface area contributed by atoms with Gasteiger partial charge in [-0.05, 0) is 26.8 Å². The van der Waals surface area contributed by atoms with E-state index in [0.717, 1.165) is 5.69 Å². The van der Waals surface area contributed by atoms with Crippen LogP contribution in [0.3, 0.4) is 0 Å². The van der Waals surface area contributed by atoms with Gasteiger partial charge in [-0.3, -0.25) is 4.68 Å². The summed E-state index contributed by atoms with van der Waals surface area (Å²) in [5.41, 5.74) is 7.67. The van der Waals surface area contributed by atoms with Crippen LogP contribution in [0.4, 0.5) is 11.6 Å². The Bertz CT molecular complexity index is 1030. The maximum Gasteiger partial charge on any atom is 0.178 e. The minimum Gasteiger partial charge on any atom is -0.394 e. The molecule has 3 rings (SSSR count). The van der Waals surface area contributed by atoms with E-state index in [-0.39, 0.29) is 18.0 Å². The fraction of sp³-hybridized carbons (Fsp3) is 0.412. The van der Waals surface area contributed by atoms with Crippen molar-refractivity contribution in [2.75, 3.05) is 24.2 Å². The molecule has 9 nitrogen and oxygen atoms in total. The molecule has 0 aromatic carbocycles. The summed E-state index contributed by atoms with van der Waals surface area (Å²) in [7, 11) is 0. The molecule has 0 aliphatic carbocycles. The molecule has 0 aliphatic rings. The van der Waals surface area contributed by atoms with E-state index in [0.29, 0.717) is 35.1 Å². The first-order chi connectivity index (χ1) is 12.8. The molecule has 10 heteroatoms. The normalized spacial score (nSPS) is 11.7. The maximum atomic E-state index is 9.45. The number of hydrogen-bond donors (Lipinski definition) is 3. The first-order valence-corrected chi connectivity index (χ1v) is 8.80. The number of aromatic nitrogens is 5. The van der Waals surface area contributed by atoms with Crippen molar-refractivity contribution < 1.29 is 5.11 Å². The second-order valence-corrected chi connectivity index (χ2v) is 7.24. The van der Waals surface area contributed by atoms with Gasteiger partial charge < -0.3 is 16.2 Å². The first-order valence-electron chi connectivity index (χ1n) is 8.42. The van der Waals surface area contributed by atoms with E-state index in [1.54, 1.807) is 11.6 Å². The molecule has 0 spiro atoms. The SMILES string of the molecule is Cc1nn2c(N)c(C#N)c(NCCc3ccn(C(C)(C)CO)n3)nc2c1Cl. The van der Waals surface area contributed by atoms with Gasteiger partial charge in [0, 0.05) is 19.2 Å². The lowest BCUT2D eigenvalue weighted by atomic mass is 10.1. The molecule has 0 bridgehead atoms. The van der Waals surface area contributed by atoms with Gasteiger partial charge in [-0.2, -0.15) is 20.0 Å². The molecule has 142 valence electrons. The highest BCUT2D eigenvalue weighted by molar-refractivity contribution is 6.34. The number of aryl methyl sites for hydroxylation is 1. The number of nitrogens with zero attached hydrogens (tertiary/aromatic N) is 6. The van der Waals surface area contributed by atoms with Crippen molar-refractivity contribution in [1.82, 2.24) is 24.4 Å². The smallest absolute Gasteiger partial charge is 0.178 e. The summed E-state index contributed by atoms with van der Waals surface area (Å²) in [5, 5.41) is 31.1. The molecule has 0 atom stereocenters. The number of fused-ring (bicyclic) bond motifs is 1. The molecular weight excluding hydrogens is 368 g/mol. The van der Waals surface area contributed by atoms with Crippen LogP contribution in [-0.2, 0) is 12.0 Å². The summed E-state index contributed by atoms with van der Waals surface area (Å²) in [4.78, 5) is 4.41. The van der Waals surface area contributed by atoms with Crippen LogP contribution >= 0.6 is 11.6 Å². The third kappa shape index (κ3) is 3.41. The van der Waals surface area contributed by atoms with Gasteiger partial charge in [-0.15, -0.1) is 0 Å². The van der Waals surface area contributed by atoms with Crippen molar-refractivity contribution >= 4 is 28.9 Å². The monoisotopic (exact) mass is 388 g/mol. The molecule has 0 unspecified atom stereocenters. The molecule has 0 amide bonds. The third-order valence-corrected chi connectivity index (χ3v) is 4.78. The summed E-state index contributed by atoms with van der Waals surface area (Å²) in [6, 6.07) is 3.96. The Morgan fingerprint density at radius 3 is 2.81 bits per heavy atom. The third-order valence-electron chi connectivity index (χ3n) is 4.34. The average Bonchev–Trinajstić information content (AvgIpc) is 3.22. The zero-order chi connectivity index (χ0) is 19.8. The van der Waals surface area contributed by atoms with Crippen molar-refractivity contribution in [3.8, 4) is 6.07 Å². The molecule has 4 N–H and O–H groups in total. The summed E-state index contributed by atoms with van der Waals surface area (Å²) in [6.07, 6.45) is 2.45. The van der Waals surface area contributed by atoms with Crippen LogP contribution in [0.2, 0.25) is 5.02 Å². The quantitative estimate of drug-likeness (QED) is 0.586. The zero-order valence-corrected chi connectivity index (χ0v) is 16.1. The van der Waals surface area contributed by atoms with E-state index in [9.17, 15) is 10.4 Å². The lowest BCUT2D eigenvalue weighted by Gasteiger charge is -2.22. The number of aliphatic hydroxyl groups excluding tert-OH is 1. The molecule has 0 radical (unpaired) electrons. The van der Waals surface area contributed by atoms with E-state index in [2.05, 4.69) is 26.6 Å². The number of nitrogens with one attached hydrogen (secondary N) is 1. The molecule has 0 saturated carbocycles. The Morgan fingerprint density at radius 2 is 2.15 bits per heavy atom. The fourth-order valence-corrected chi connectivity index (χ4v) is 2.76. The average molecular weight is 389 g/mol. The minimum atomic E-state index is -0.461. The zero-order valence-electron chi connectivity index (χ0n) is 15.4. The molecule has 0 fully saturated rings. The molecule has 0 aliphatic heterocycles. The van der Waals surface area contributed by atoms with E-state index >= 15 is 0 Å².